The van der Waals surface area contributed by atoms with Crippen LogP contribution in [0.2, 0.25) is 0 Å². The molecule has 17 heavy (non-hydrogen) atoms. The molecule has 2 heterocycles. The van der Waals surface area contributed by atoms with E-state index in [9.17, 15) is 0 Å². The first-order chi connectivity index (χ1) is 8.34. The SMILES string of the molecule is S=C(NCC1CCCO1)N/N=C/c1ccsc1. The summed E-state index contributed by atoms with van der Waals surface area (Å²) in [6, 6.07) is 2.00. The van der Waals surface area contributed by atoms with Crippen molar-refractivity contribution in [2.75, 3.05) is 13.2 Å². The third-order valence-corrected chi connectivity index (χ3v) is 3.37. The summed E-state index contributed by atoms with van der Waals surface area (Å²) in [5.74, 6) is 0. The zero-order valence-electron chi connectivity index (χ0n) is 9.39. The van der Waals surface area contributed by atoms with Gasteiger partial charge in [0.05, 0.1) is 12.3 Å². The first-order valence-corrected chi connectivity index (χ1v) is 6.90. The first-order valence-electron chi connectivity index (χ1n) is 5.55. The smallest absolute Gasteiger partial charge is 0.187 e. The molecule has 0 radical (unpaired) electrons. The number of thiocarbonyl (C=S) groups is 1. The van der Waals surface area contributed by atoms with Crippen molar-refractivity contribution in [1.29, 1.82) is 0 Å². The molecule has 0 aliphatic carbocycles. The lowest BCUT2D eigenvalue weighted by Crippen LogP contribution is -2.37. The Kier molecular flexibility index (Phi) is 4.90. The van der Waals surface area contributed by atoms with E-state index in [1.165, 1.54) is 0 Å². The maximum absolute atomic E-state index is 5.48. The third-order valence-electron chi connectivity index (χ3n) is 2.44. The van der Waals surface area contributed by atoms with Gasteiger partial charge in [-0.05, 0) is 41.9 Å². The standard InChI is InChI=1S/C11H15N3OS2/c16-11(12-7-10-2-1-4-15-10)14-13-6-9-3-5-17-8-9/h3,5-6,8,10H,1-2,4,7H2,(H2,12,14,16)/b13-6+. The number of nitrogens with zero attached hydrogens (tertiary/aromatic N) is 1. The van der Waals surface area contributed by atoms with Gasteiger partial charge in [-0.1, -0.05) is 0 Å². The van der Waals surface area contributed by atoms with E-state index < -0.39 is 0 Å². The molecule has 4 nitrogen and oxygen atoms in total. The second kappa shape index (κ2) is 6.68. The quantitative estimate of drug-likeness (QED) is 0.496. The van der Waals surface area contributed by atoms with Crippen LogP contribution in [0.1, 0.15) is 18.4 Å². The average molecular weight is 269 g/mol. The van der Waals surface area contributed by atoms with Gasteiger partial charge in [0.15, 0.2) is 5.11 Å². The number of hydrazone groups is 1. The van der Waals surface area contributed by atoms with E-state index >= 15 is 0 Å². The van der Waals surface area contributed by atoms with Crippen molar-refractivity contribution >= 4 is 34.9 Å². The maximum atomic E-state index is 5.48. The van der Waals surface area contributed by atoms with Crippen molar-refractivity contribution in [3.63, 3.8) is 0 Å². The largest absolute Gasteiger partial charge is 0.376 e. The molecule has 6 heteroatoms. The highest BCUT2D eigenvalue weighted by Gasteiger charge is 2.14. The second-order valence-electron chi connectivity index (χ2n) is 3.77. The second-order valence-corrected chi connectivity index (χ2v) is 4.96. The fourth-order valence-electron chi connectivity index (χ4n) is 1.57. The van der Waals surface area contributed by atoms with Crippen LogP contribution in [0.25, 0.3) is 0 Å². The molecule has 1 aromatic heterocycles. The molecule has 0 aromatic carbocycles. The van der Waals surface area contributed by atoms with Crippen LogP contribution in [0.4, 0.5) is 0 Å². The van der Waals surface area contributed by atoms with Crippen LogP contribution in [-0.2, 0) is 4.74 Å². The summed E-state index contributed by atoms with van der Waals surface area (Å²) < 4.78 is 5.48. The Balaban J connectivity index is 1.63. The van der Waals surface area contributed by atoms with Crippen molar-refractivity contribution in [2.45, 2.75) is 18.9 Å². The summed E-state index contributed by atoms with van der Waals surface area (Å²) in [5.41, 5.74) is 3.86. The lowest BCUT2D eigenvalue weighted by molar-refractivity contribution is 0.114. The molecule has 0 amide bonds. The molecule has 1 unspecified atom stereocenters. The molecule has 1 saturated heterocycles. The highest BCUT2D eigenvalue weighted by molar-refractivity contribution is 7.80. The van der Waals surface area contributed by atoms with Crippen molar-refractivity contribution in [3.05, 3.63) is 22.4 Å². The zero-order valence-corrected chi connectivity index (χ0v) is 11.0. The van der Waals surface area contributed by atoms with Gasteiger partial charge < -0.3 is 10.1 Å². The minimum atomic E-state index is 0.288. The highest BCUT2D eigenvalue weighted by Crippen LogP contribution is 2.10. The average Bonchev–Trinajstić information content (AvgIpc) is 2.99. The van der Waals surface area contributed by atoms with E-state index in [0.29, 0.717) is 5.11 Å². The van der Waals surface area contributed by atoms with E-state index in [1.807, 2.05) is 16.8 Å². The predicted octanol–water partition coefficient (Wildman–Crippen LogP) is 1.73. The molecule has 1 fully saturated rings. The molecule has 1 atom stereocenters. The normalized spacial score (nSPS) is 19.6. The summed E-state index contributed by atoms with van der Waals surface area (Å²) in [5, 5.41) is 11.7. The summed E-state index contributed by atoms with van der Waals surface area (Å²) in [4.78, 5) is 0. The molecule has 2 N–H and O–H groups in total. The summed E-state index contributed by atoms with van der Waals surface area (Å²) in [6.07, 6.45) is 4.28. The molecule has 0 bridgehead atoms. The molecule has 1 aliphatic heterocycles. The summed E-state index contributed by atoms with van der Waals surface area (Å²) >= 11 is 6.74. The molecule has 92 valence electrons. The number of thiophene rings is 1. The zero-order chi connectivity index (χ0) is 11.9. The van der Waals surface area contributed by atoms with Crippen LogP contribution in [0, 0.1) is 0 Å². The Labute approximate surface area is 110 Å². The van der Waals surface area contributed by atoms with Crippen LogP contribution in [0.3, 0.4) is 0 Å². The molecule has 2 rings (SSSR count). The fraction of sp³-hybridized carbons (Fsp3) is 0.455. The number of ether oxygens (including phenoxy) is 1. The molecule has 0 spiro atoms. The van der Waals surface area contributed by atoms with Gasteiger partial charge in [0.1, 0.15) is 0 Å². The van der Waals surface area contributed by atoms with Crippen LogP contribution >= 0.6 is 23.6 Å². The monoisotopic (exact) mass is 269 g/mol. The van der Waals surface area contributed by atoms with Crippen LogP contribution < -0.4 is 10.7 Å². The number of rotatable bonds is 4. The summed E-state index contributed by atoms with van der Waals surface area (Å²) in [7, 11) is 0. The van der Waals surface area contributed by atoms with E-state index in [0.717, 1.165) is 31.6 Å². The van der Waals surface area contributed by atoms with Crippen molar-refractivity contribution < 1.29 is 4.74 Å². The molecular weight excluding hydrogens is 254 g/mol. The Morgan fingerprint density at radius 2 is 2.65 bits per heavy atom. The lowest BCUT2D eigenvalue weighted by Gasteiger charge is -2.11. The lowest BCUT2D eigenvalue weighted by atomic mass is 10.2. The van der Waals surface area contributed by atoms with Gasteiger partial charge in [0.2, 0.25) is 0 Å². The van der Waals surface area contributed by atoms with Gasteiger partial charge in [0, 0.05) is 18.7 Å². The van der Waals surface area contributed by atoms with Crippen LogP contribution in [-0.4, -0.2) is 30.6 Å². The van der Waals surface area contributed by atoms with Gasteiger partial charge in [-0.3, -0.25) is 5.43 Å². The van der Waals surface area contributed by atoms with Crippen molar-refractivity contribution in [1.82, 2.24) is 10.7 Å². The number of hydrogen-bond donors (Lipinski definition) is 2. The third kappa shape index (κ3) is 4.41. The minimum absolute atomic E-state index is 0.288. The first kappa shape index (κ1) is 12.5. The number of hydrogen-bond acceptors (Lipinski definition) is 4. The molecule has 0 saturated carbocycles. The summed E-state index contributed by atoms with van der Waals surface area (Å²) in [6.45, 7) is 1.61. The number of nitrogens with one attached hydrogen (secondary N) is 2. The topological polar surface area (TPSA) is 45.6 Å². The Morgan fingerprint density at radius 3 is 3.35 bits per heavy atom. The van der Waals surface area contributed by atoms with Gasteiger partial charge in [-0.25, -0.2) is 0 Å². The minimum Gasteiger partial charge on any atom is -0.376 e. The maximum Gasteiger partial charge on any atom is 0.187 e. The van der Waals surface area contributed by atoms with Gasteiger partial charge in [-0.2, -0.15) is 16.4 Å². The Hall–Kier alpha value is -0.980. The fourth-order valence-corrected chi connectivity index (χ4v) is 2.31. The predicted molar refractivity (Wildman–Crippen MR) is 74.6 cm³/mol. The van der Waals surface area contributed by atoms with E-state index in [4.69, 9.17) is 17.0 Å². The van der Waals surface area contributed by atoms with Gasteiger partial charge in [-0.15, -0.1) is 0 Å². The van der Waals surface area contributed by atoms with E-state index in [2.05, 4.69) is 15.8 Å². The van der Waals surface area contributed by atoms with Gasteiger partial charge >= 0.3 is 0 Å². The highest BCUT2D eigenvalue weighted by atomic mass is 32.1. The van der Waals surface area contributed by atoms with Crippen LogP contribution in [0.5, 0.6) is 0 Å². The van der Waals surface area contributed by atoms with Crippen molar-refractivity contribution in [3.8, 4) is 0 Å². The van der Waals surface area contributed by atoms with E-state index in [-0.39, 0.29) is 6.10 Å². The van der Waals surface area contributed by atoms with E-state index in [1.54, 1.807) is 17.6 Å². The van der Waals surface area contributed by atoms with Gasteiger partial charge in [0.25, 0.3) is 0 Å². The molecule has 1 aromatic rings. The molecule has 1 aliphatic rings. The Bertz CT molecular complexity index is 372. The van der Waals surface area contributed by atoms with Crippen molar-refractivity contribution in [2.24, 2.45) is 5.10 Å². The Morgan fingerprint density at radius 1 is 1.71 bits per heavy atom. The van der Waals surface area contributed by atoms with Crippen LogP contribution in [0.15, 0.2) is 21.9 Å². The molecular formula is C11H15N3OS2.